The van der Waals surface area contributed by atoms with Gasteiger partial charge in [-0.3, -0.25) is 9.59 Å². The first-order valence-corrected chi connectivity index (χ1v) is 9.94. The fourth-order valence-corrected chi connectivity index (χ4v) is 4.38. The highest BCUT2D eigenvalue weighted by Gasteiger charge is 2.32. The number of rotatable bonds is 3. The Morgan fingerprint density at radius 3 is 2.42 bits per heavy atom. The summed E-state index contributed by atoms with van der Waals surface area (Å²) in [5.41, 5.74) is 3.10. The van der Waals surface area contributed by atoms with E-state index in [2.05, 4.69) is 18.4 Å². The average molecular weight is 359 g/mol. The van der Waals surface area contributed by atoms with E-state index in [1.165, 1.54) is 18.5 Å². The Hall–Kier alpha value is -1.82. The maximum absolute atomic E-state index is 13.1. The minimum Gasteiger partial charge on any atom is -0.368 e. The highest BCUT2D eigenvalue weighted by Crippen LogP contribution is 2.38. The highest BCUT2D eigenvalue weighted by molar-refractivity contribution is 5.96. The second-order valence-corrected chi connectivity index (χ2v) is 7.86. The number of carbonyl (C=O) groups excluding carboxylic acids is 2. The molecule has 26 heavy (non-hydrogen) atoms. The minimum atomic E-state index is -0.269. The van der Waals surface area contributed by atoms with Crippen molar-refractivity contribution in [3.05, 3.63) is 23.0 Å². The number of amides is 2. The molecule has 6 heteroatoms. The normalized spacial score (nSPS) is 24.0. The van der Waals surface area contributed by atoms with Crippen LogP contribution in [-0.2, 0) is 9.53 Å². The summed E-state index contributed by atoms with van der Waals surface area (Å²) in [4.78, 5) is 29.5. The molecule has 4 rings (SSSR count). The first-order chi connectivity index (χ1) is 12.6. The van der Waals surface area contributed by atoms with Gasteiger partial charge in [0.25, 0.3) is 11.8 Å². The van der Waals surface area contributed by atoms with Gasteiger partial charge in [-0.25, -0.2) is 0 Å². The van der Waals surface area contributed by atoms with Gasteiger partial charge in [0.1, 0.15) is 6.10 Å². The van der Waals surface area contributed by atoms with E-state index in [4.69, 9.17) is 4.74 Å². The monoisotopic (exact) mass is 359 g/mol. The Morgan fingerprint density at radius 1 is 1.00 bits per heavy atom. The van der Waals surface area contributed by atoms with Crippen LogP contribution < -0.4 is 0 Å². The van der Waals surface area contributed by atoms with E-state index in [0.29, 0.717) is 38.8 Å². The van der Waals surface area contributed by atoms with E-state index in [1.54, 1.807) is 0 Å². The predicted octanol–water partition coefficient (Wildman–Crippen LogP) is 2.29. The molecule has 0 aromatic carbocycles. The predicted molar refractivity (Wildman–Crippen MR) is 98.3 cm³/mol. The van der Waals surface area contributed by atoms with Gasteiger partial charge in [-0.15, -0.1) is 0 Å². The maximum Gasteiger partial charge on any atom is 0.255 e. The minimum absolute atomic E-state index is 0.101. The summed E-state index contributed by atoms with van der Waals surface area (Å²) in [5.74, 6) is 0.208. The van der Waals surface area contributed by atoms with Gasteiger partial charge < -0.3 is 19.1 Å². The lowest BCUT2D eigenvalue weighted by atomic mass is 10.2. The Bertz CT molecular complexity index is 701. The molecule has 0 spiro atoms. The van der Waals surface area contributed by atoms with Crippen LogP contribution in [0.1, 0.15) is 59.9 Å². The van der Waals surface area contributed by atoms with E-state index in [-0.39, 0.29) is 17.9 Å². The van der Waals surface area contributed by atoms with Crippen LogP contribution in [-0.4, -0.2) is 65.1 Å². The molecular weight excluding hydrogens is 330 g/mol. The second kappa shape index (κ2) is 7.06. The van der Waals surface area contributed by atoms with Gasteiger partial charge in [0.05, 0.1) is 5.56 Å². The number of nitrogens with zero attached hydrogens (tertiary/aromatic N) is 3. The molecule has 1 unspecified atom stereocenters. The number of hydrogen-bond donors (Lipinski definition) is 0. The molecule has 3 heterocycles. The fourth-order valence-electron chi connectivity index (χ4n) is 4.38. The standard InChI is InChI=1S/C20H29N3O3/c1-14-13-17(15(2)23(14)16-6-7-16)19(24)21-8-4-9-22(11-10-21)20(25)18-5-3-12-26-18/h13,16,18H,3-12H2,1-2H3. The Labute approximate surface area is 155 Å². The van der Waals surface area contributed by atoms with Crippen LogP contribution in [0.2, 0.25) is 0 Å². The topological polar surface area (TPSA) is 54.8 Å². The van der Waals surface area contributed by atoms with Gasteiger partial charge in [-0.1, -0.05) is 0 Å². The smallest absolute Gasteiger partial charge is 0.255 e. The average Bonchev–Trinajstić information content (AvgIpc) is 3.29. The lowest BCUT2D eigenvalue weighted by Crippen LogP contribution is -2.41. The zero-order valence-electron chi connectivity index (χ0n) is 15.9. The van der Waals surface area contributed by atoms with Crippen LogP contribution in [0.3, 0.4) is 0 Å². The molecule has 3 fully saturated rings. The van der Waals surface area contributed by atoms with Crippen molar-refractivity contribution >= 4 is 11.8 Å². The van der Waals surface area contributed by atoms with Crippen LogP contribution in [0.25, 0.3) is 0 Å². The molecule has 2 saturated heterocycles. The van der Waals surface area contributed by atoms with Crippen molar-refractivity contribution in [2.75, 3.05) is 32.8 Å². The molecule has 1 aromatic rings. The summed E-state index contributed by atoms with van der Waals surface area (Å²) >= 11 is 0. The van der Waals surface area contributed by atoms with Crippen LogP contribution >= 0.6 is 0 Å². The van der Waals surface area contributed by atoms with Gasteiger partial charge in [-0.05, 0) is 52.0 Å². The fraction of sp³-hybridized carbons (Fsp3) is 0.700. The van der Waals surface area contributed by atoms with Crippen molar-refractivity contribution in [3.63, 3.8) is 0 Å². The molecule has 2 amide bonds. The van der Waals surface area contributed by atoms with Gasteiger partial charge in [0, 0.05) is 50.2 Å². The third-order valence-corrected chi connectivity index (χ3v) is 5.93. The lowest BCUT2D eigenvalue weighted by Gasteiger charge is -2.24. The molecule has 0 bridgehead atoms. The highest BCUT2D eigenvalue weighted by atomic mass is 16.5. The Balaban J connectivity index is 1.43. The second-order valence-electron chi connectivity index (χ2n) is 7.86. The summed E-state index contributed by atoms with van der Waals surface area (Å²) < 4.78 is 7.86. The van der Waals surface area contributed by atoms with E-state index in [9.17, 15) is 9.59 Å². The number of hydrogen-bond acceptors (Lipinski definition) is 3. The Kier molecular flexibility index (Phi) is 4.78. The maximum atomic E-state index is 13.1. The third-order valence-electron chi connectivity index (χ3n) is 5.93. The molecule has 3 aliphatic rings. The van der Waals surface area contributed by atoms with E-state index in [1.807, 2.05) is 15.9 Å². The first kappa shape index (κ1) is 17.6. The molecule has 2 aliphatic heterocycles. The zero-order chi connectivity index (χ0) is 18.3. The van der Waals surface area contributed by atoms with E-state index < -0.39 is 0 Å². The molecule has 1 aliphatic carbocycles. The lowest BCUT2D eigenvalue weighted by molar-refractivity contribution is -0.140. The summed E-state index contributed by atoms with van der Waals surface area (Å²) in [7, 11) is 0. The van der Waals surface area contributed by atoms with Gasteiger partial charge in [-0.2, -0.15) is 0 Å². The van der Waals surface area contributed by atoms with Crippen molar-refractivity contribution in [2.24, 2.45) is 0 Å². The third kappa shape index (κ3) is 3.27. The van der Waals surface area contributed by atoms with Crippen molar-refractivity contribution in [1.82, 2.24) is 14.4 Å². The molecule has 0 radical (unpaired) electrons. The van der Waals surface area contributed by atoms with E-state index >= 15 is 0 Å². The number of carbonyl (C=O) groups is 2. The van der Waals surface area contributed by atoms with Crippen LogP contribution in [0.15, 0.2) is 6.07 Å². The molecule has 1 saturated carbocycles. The van der Waals surface area contributed by atoms with Crippen LogP contribution in [0, 0.1) is 13.8 Å². The van der Waals surface area contributed by atoms with Crippen molar-refractivity contribution in [2.45, 2.75) is 58.1 Å². The summed E-state index contributed by atoms with van der Waals surface area (Å²) in [6, 6.07) is 2.62. The molecular formula is C20H29N3O3. The Morgan fingerprint density at radius 2 is 1.73 bits per heavy atom. The van der Waals surface area contributed by atoms with Gasteiger partial charge in [0.2, 0.25) is 0 Å². The van der Waals surface area contributed by atoms with E-state index in [0.717, 1.165) is 30.5 Å². The number of aryl methyl sites for hydroxylation is 1. The molecule has 1 atom stereocenters. The van der Waals surface area contributed by atoms with Crippen LogP contribution in [0.5, 0.6) is 0 Å². The van der Waals surface area contributed by atoms with Gasteiger partial charge in [0.15, 0.2) is 0 Å². The van der Waals surface area contributed by atoms with Gasteiger partial charge >= 0.3 is 0 Å². The van der Waals surface area contributed by atoms with Crippen LogP contribution in [0.4, 0.5) is 0 Å². The summed E-state index contributed by atoms with van der Waals surface area (Å²) in [5, 5.41) is 0. The van der Waals surface area contributed by atoms with Crippen molar-refractivity contribution < 1.29 is 14.3 Å². The molecule has 0 N–H and O–H groups in total. The summed E-state index contributed by atoms with van der Waals surface area (Å²) in [6.07, 6.45) is 4.78. The van der Waals surface area contributed by atoms with Crippen molar-refractivity contribution in [1.29, 1.82) is 0 Å². The molecule has 142 valence electrons. The number of aromatic nitrogens is 1. The quantitative estimate of drug-likeness (QED) is 0.832. The molecule has 6 nitrogen and oxygen atoms in total. The van der Waals surface area contributed by atoms with Crippen molar-refractivity contribution in [3.8, 4) is 0 Å². The SMILES string of the molecule is Cc1cc(C(=O)N2CCCN(C(=O)C3CCCO3)CC2)c(C)n1C1CC1. The molecule has 1 aromatic heterocycles. The zero-order valence-corrected chi connectivity index (χ0v) is 15.9. The largest absolute Gasteiger partial charge is 0.368 e. The number of ether oxygens (including phenoxy) is 1. The first-order valence-electron chi connectivity index (χ1n) is 9.94. The summed E-state index contributed by atoms with van der Waals surface area (Å²) in [6.45, 7) is 7.46.